The van der Waals surface area contributed by atoms with Crippen LogP contribution in [0.4, 0.5) is 15.9 Å². The molecule has 0 radical (unpaired) electrons. The number of carbonyl (C=O) groups excluding carboxylic acids is 1. The highest BCUT2D eigenvalue weighted by molar-refractivity contribution is 6.42. The van der Waals surface area contributed by atoms with Crippen molar-refractivity contribution in [2.75, 3.05) is 64.8 Å². The SMILES string of the molecule is C=CC(=O)N1CC(c2cc3c(Nc4ccc(Cl)c(Cl)c4F)ncnc3cc2OCCN2CCN(C)CC2)C1. The van der Waals surface area contributed by atoms with Crippen molar-refractivity contribution in [3.63, 3.8) is 0 Å². The standard InChI is InChI=1S/C27H29Cl2FN6O2/c1-3-24(37)36-14-17(15-36)18-12-19-22(13-23(18)38-11-10-35-8-6-34(2)7-9-35)31-16-32-27(19)33-21-5-4-20(28)25(29)26(21)30/h3-5,12-13,16-17H,1,6-11,14-15H2,2H3,(H,31,32,33). The summed E-state index contributed by atoms with van der Waals surface area (Å²) in [6.07, 6.45) is 2.74. The van der Waals surface area contributed by atoms with Crippen LogP contribution >= 0.6 is 23.2 Å². The first-order chi connectivity index (χ1) is 18.3. The number of likely N-dealkylation sites (N-methyl/N-ethyl adjacent to an activating group) is 1. The molecule has 38 heavy (non-hydrogen) atoms. The number of fused-ring (bicyclic) bond motifs is 1. The lowest BCUT2D eigenvalue weighted by molar-refractivity contribution is -0.130. The Morgan fingerprint density at radius 1 is 1.21 bits per heavy atom. The summed E-state index contributed by atoms with van der Waals surface area (Å²) in [6, 6.07) is 6.90. The van der Waals surface area contributed by atoms with Crippen molar-refractivity contribution in [3.8, 4) is 5.75 Å². The number of hydrogen-bond acceptors (Lipinski definition) is 7. The lowest BCUT2D eigenvalue weighted by atomic mass is 9.89. The minimum absolute atomic E-state index is 0.0803. The Labute approximate surface area is 231 Å². The number of rotatable bonds is 8. The highest BCUT2D eigenvalue weighted by Gasteiger charge is 2.33. The number of aromatic nitrogens is 2. The van der Waals surface area contributed by atoms with Gasteiger partial charge < -0.3 is 19.9 Å². The van der Waals surface area contributed by atoms with E-state index in [1.165, 1.54) is 24.5 Å². The van der Waals surface area contributed by atoms with E-state index < -0.39 is 5.82 Å². The zero-order valence-electron chi connectivity index (χ0n) is 21.1. The summed E-state index contributed by atoms with van der Waals surface area (Å²) in [5.74, 6) is 0.480. The number of halogens is 3. The number of ether oxygens (including phenoxy) is 1. The molecule has 3 heterocycles. The van der Waals surface area contributed by atoms with Gasteiger partial charge in [0.15, 0.2) is 5.82 Å². The molecule has 2 aromatic carbocycles. The average Bonchev–Trinajstić information content (AvgIpc) is 2.89. The van der Waals surface area contributed by atoms with Gasteiger partial charge in [0.2, 0.25) is 5.91 Å². The van der Waals surface area contributed by atoms with Crippen molar-refractivity contribution in [1.82, 2.24) is 24.7 Å². The van der Waals surface area contributed by atoms with E-state index in [0.29, 0.717) is 36.4 Å². The van der Waals surface area contributed by atoms with Crippen molar-refractivity contribution in [3.05, 3.63) is 64.7 Å². The van der Waals surface area contributed by atoms with Gasteiger partial charge in [0, 0.05) is 68.7 Å². The summed E-state index contributed by atoms with van der Waals surface area (Å²) >= 11 is 11.9. The van der Waals surface area contributed by atoms with Crippen LogP contribution in [0.5, 0.6) is 5.75 Å². The fourth-order valence-corrected chi connectivity index (χ4v) is 5.05. The molecule has 1 N–H and O–H groups in total. The third-order valence-electron chi connectivity index (χ3n) is 7.12. The molecule has 11 heteroatoms. The molecule has 2 fully saturated rings. The number of carbonyl (C=O) groups is 1. The van der Waals surface area contributed by atoms with Gasteiger partial charge in [-0.2, -0.15) is 0 Å². The van der Waals surface area contributed by atoms with Gasteiger partial charge >= 0.3 is 0 Å². The predicted molar refractivity (Wildman–Crippen MR) is 148 cm³/mol. The number of likely N-dealkylation sites (tertiary alicyclic amines) is 1. The highest BCUT2D eigenvalue weighted by atomic mass is 35.5. The lowest BCUT2D eigenvalue weighted by Gasteiger charge is -2.39. The van der Waals surface area contributed by atoms with Gasteiger partial charge in [0.1, 0.15) is 24.5 Å². The smallest absolute Gasteiger partial charge is 0.245 e. The van der Waals surface area contributed by atoms with Gasteiger partial charge in [-0.1, -0.05) is 29.8 Å². The highest BCUT2D eigenvalue weighted by Crippen LogP contribution is 2.39. The zero-order valence-corrected chi connectivity index (χ0v) is 22.6. The molecular formula is C27H29Cl2FN6O2. The lowest BCUT2D eigenvalue weighted by Crippen LogP contribution is -2.48. The van der Waals surface area contributed by atoms with E-state index in [1.54, 1.807) is 4.90 Å². The Morgan fingerprint density at radius 2 is 1.97 bits per heavy atom. The Hall–Kier alpha value is -2.98. The van der Waals surface area contributed by atoms with Gasteiger partial charge in [-0.05, 0) is 31.3 Å². The quantitative estimate of drug-likeness (QED) is 0.321. The maximum Gasteiger partial charge on any atom is 0.245 e. The van der Waals surface area contributed by atoms with Crippen LogP contribution < -0.4 is 10.1 Å². The van der Waals surface area contributed by atoms with E-state index in [-0.39, 0.29) is 27.6 Å². The van der Waals surface area contributed by atoms with Gasteiger partial charge in [-0.3, -0.25) is 9.69 Å². The summed E-state index contributed by atoms with van der Waals surface area (Å²) in [7, 11) is 2.13. The van der Waals surface area contributed by atoms with Crippen LogP contribution in [0, 0.1) is 5.82 Å². The first-order valence-corrected chi connectivity index (χ1v) is 13.2. The first kappa shape index (κ1) is 26.6. The number of piperazine rings is 1. The molecule has 5 rings (SSSR count). The predicted octanol–water partition coefficient (Wildman–Crippen LogP) is 4.56. The molecule has 8 nitrogen and oxygen atoms in total. The van der Waals surface area contributed by atoms with Crippen LogP contribution in [-0.4, -0.2) is 90.0 Å². The number of hydrogen-bond donors (Lipinski definition) is 1. The van der Waals surface area contributed by atoms with Gasteiger partial charge in [0.25, 0.3) is 0 Å². The van der Waals surface area contributed by atoms with E-state index in [0.717, 1.165) is 44.0 Å². The van der Waals surface area contributed by atoms with E-state index >= 15 is 0 Å². The minimum atomic E-state index is -0.660. The van der Waals surface area contributed by atoms with Crippen molar-refractivity contribution in [2.45, 2.75) is 5.92 Å². The second-order valence-corrected chi connectivity index (χ2v) is 10.4. The Kier molecular flexibility index (Phi) is 7.99. The van der Waals surface area contributed by atoms with Crippen LogP contribution in [0.2, 0.25) is 10.0 Å². The summed E-state index contributed by atoms with van der Waals surface area (Å²) in [6.45, 7) is 10.2. The largest absolute Gasteiger partial charge is 0.492 e. The molecule has 0 bridgehead atoms. The van der Waals surface area contributed by atoms with Crippen LogP contribution in [0.3, 0.4) is 0 Å². The van der Waals surface area contributed by atoms with Crippen molar-refractivity contribution >= 4 is 51.5 Å². The van der Waals surface area contributed by atoms with Crippen LogP contribution in [0.25, 0.3) is 10.9 Å². The molecule has 0 unspecified atom stereocenters. The maximum atomic E-state index is 14.8. The third kappa shape index (κ3) is 5.56. The first-order valence-electron chi connectivity index (χ1n) is 12.5. The topological polar surface area (TPSA) is 73.8 Å². The van der Waals surface area contributed by atoms with E-state index in [1.807, 2.05) is 12.1 Å². The molecule has 1 aromatic heterocycles. The van der Waals surface area contributed by atoms with E-state index in [4.69, 9.17) is 27.9 Å². The Bertz CT molecular complexity index is 1360. The van der Waals surface area contributed by atoms with E-state index in [2.05, 4.69) is 38.7 Å². The Morgan fingerprint density at radius 3 is 2.71 bits per heavy atom. The number of nitrogens with one attached hydrogen (secondary N) is 1. The number of anilines is 2. The fourth-order valence-electron chi connectivity index (χ4n) is 4.73. The molecule has 0 atom stereocenters. The van der Waals surface area contributed by atoms with Crippen LogP contribution in [0.15, 0.2) is 43.2 Å². The molecule has 2 aliphatic rings. The molecule has 0 saturated carbocycles. The zero-order chi connectivity index (χ0) is 26.8. The number of nitrogens with zero attached hydrogens (tertiary/aromatic N) is 5. The molecule has 200 valence electrons. The molecule has 2 aliphatic heterocycles. The summed E-state index contributed by atoms with van der Waals surface area (Å²) in [5.41, 5.74) is 1.76. The van der Waals surface area contributed by atoms with Crippen molar-refractivity contribution < 1.29 is 13.9 Å². The van der Waals surface area contributed by atoms with Gasteiger partial charge in [-0.25, -0.2) is 14.4 Å². The van der Waals surface area contributed by atoms with E-state index in [9.17, 15) is 9.18 Å². The van der Waals surface area contributed by atoms with Crippen LogP contribution in [-0.2, 0) is 4.79 Å². The molecular weight excluding hydrogens is 530 g/mol. The maximum absolute atomic E-state index is 14.8. The summed E-state index contributed by atoms with van der Waals surface area (Å²) < 4.78 is 21.1. The second kappa shape index (κ2) is 11.4. The molecule has 2 saturated heterocycles. The van der Waals surface area contributed by atoms with Crippen LogP contribution in [0.1, 0.15) is 11.5 Å². The third-order valence-corrected chi connectivity index (χ3v) is 7.91. The Balaban J connectivity index is 1.43. The molecule has 3 aromatic rings. The average molecular weight is 559 g/mol. The second-order valence-electron chi connectivity index (χ2n) is 9.62. The summed E-state index contributed by atoms with van der Waals surface area (Å²) in [5, 5.41) is 3.71. The van der Waals surface area contributed by atoms with Gasteiger partial charge in [0.05, 0.1) is 21.2 Å². The fraction of sp³-hybridized carbons (Fsp3) is 0.370. The monoisotopic (exact) mass is 558 g/mol. The normalized spacial score (nSPS) is 16.9. The van der Waals surface area contributed by atoms with Crippen molar-refractivity contribution in [2.24, 2.45) is 0 Å². The molecule has 0 aliphatic carbocycles. The molecule has 1 amide bonds. The number of amides is 1. The van der Waals surface area contributed by atoms with Crippen molar-refractivity contribution in [1.29, 1.82) is 0 Å². The molecule has 0 spiro atoms. The number of benzene rings is 2. The minimum Gasteiger partial charge on any atom is -0.492 e. The summed E-state index contributed by atoms with van der Waals surface area (Å²) in [4.78, 5) is 27.3. The van der Waals surface area contributed by atoms with Gasteiger partial charge in [-0.15, -0.1) is 0 Å².